The fourth-order valence-corrected chi connectivity index (χ4v) is 2.80. The molecule has 0 heterocycles. The molecule has 0 spiro atoms. The van der Waals surface area contributed by atoms with Gasteiger partial charge in [-0.15, -0.1) is 0 Å². The van der Waals surface area contributed by atoms with Crippen LogP contribution in [0.15, 0.2) is 24.3 Å². The van der Waals surface area contributed by atoms with Gasteiger partial charge in [-0.1, -0.05) is 6.07 Å². The van der Waals surface area contributed by atoms with Crippen LogP contribution in [0.4, 0.5) is 5.69 Å². The second-order valence-electron chi connectivity index (χ2n) is 3.28. The van der Waals surface area contributed by atoms with Crippen LogP contribution in [0.5, 0.6) is 0 Å². The molecule has 0 bridgehead atoms. The molecule has 0 aromatic heterocycles. The maximum absolute atomic E-state index is 11.6. The Bertz CT molecular complexity index is 433. The lowest BCUT2D eigenvalue weighted by Crippen LogP contribution is -2.17. The highest BCUT2D eigenvalue weighted by molar-refractivity contribution is 14.1. The summed E-state index contributed by atoms with van der Waals surface area (Å²) in [7, 11) is -1.70. The molecule has 4 nitrogen and oxygen atoms in total. The quantitative estimate of drug-likeness (QED) is 0.628. The topological polar surface area (TPSA) is 55.4 Å². The zero-order valence-corrected chi connectivity index (χ0v) is 11.9. The number of anilines is 1. The summed E-state index contributed by atoms with van der Waals surface area (Å²) in [6.45, 7) is 0.452. The zero-order valence-electron chi connectivity index (χ0n) is 8.94. The average molecular weight is 355 g/mol. The molecule has 1 aromatic rings. The van der Waals surface area contributed by atoms with Crippen molar-refractivity contribution in [3.63, 3.8) is 0 Å². The highest BCUT2D eigenvalue weighted by Gasteiger charge is 2.09. The Morgan fingerprint density at radius 1 is 1.44 bits per heavy atom. The number of sulfonamides is 1. The van der Waals surface area contributed by atoms with E-state index < -0.39 is 10.0 Å². The van der Waals surface area contributed by atoms with E-state index in [1.807, 2.05) is 12.1 Å². The Hall–Kier alpha value is -0.340. The van der Waals surface area contributed by atoms with E-state index >= 15 is 0 Å². The second-order valence-corrected chi connectivity index (χ2v) is 6.37. The average Bonchev–Trinajstić information content (AvgIpc) is 2.17. The highest BCUT2D eigenvalue weighted by atomic mass is 127. The van der Waals surface area contributed by atoms with Crippen molar-refractivity contribution >= 4 is 38.3 Å². The molecule has 0 saturated heterocycles. The molecule has 0 unspecified atom stereocenters. The number of ether oxygens (including phenoxy) is 1. The summed E-state index contributed by atoms with van der Waals surface area (Å²) in [6.07, 6.45) is 0.496. The number of halogens is 1. The molecule has 1 aromatic carbocycles. The monoisotopic (exact) mass is 355 g/mol. The van der Waals surface area contributed by atoms with Gasteiger partial charge in [0.25, 0.3) is 0 Å². The molecule has 16 heavy (non-hydrogen) atoms. The molecule has 0 aliphatic carbocycles. The smallest absolute Gasteiger partial charge is 0.232 e. The van der Waals surface area contributed by atoms with E-state index in [4.69, 9.17) is 4.74 Å². The Labute approximate surface area is 110 Å². The first-order valence-corrected chi connectivity index (χ1v) is 7.51. The van der Waals surface area contributed by atoms with Gasteiger partial charge in [-0.3, -0.25) is 4.72 Å². The minimum atomic E-state index is -3.26. The van der Waals surface area contributed by atoms with Crippen LogP contribution in [-0.2, 0) is 14.8 Å². The fraction of sp³-hybridized carbons (Fsp3) is 0.400. The van der Waals surface area contributed by atoms with Crippen LogP contribution in [0.3, 0.4) is 0 Å². The maximum atomic E-state index is 11.6. The number of nitrogens with one attached hydrogen (secondary N) is 1. The van der Waals surface area contributed by atoms with Crippen molar-refractivity contribution in [1.29, 1.82) is 0 Å². The third kappa shape index (κ3) is 5.13. The number of benzene rings is 1. The van der Waals surface area contributed by atoms with E-state index in [0.717, 1.165) is 3.57 Å². The minimum Gasteiger partial charge on any atom is -0.385 e. The van der Waals surface area contributed by atoms with Gasteiger partial charge in [-0.2, -0.15) is 0 Å². The summed E-state index contributed by atoms with van der Waals surface area (Å²) in [4.78, 5) is 0. The fourth-order valence-electron chi connectivity index (χ4n) is 1.18. The van der Waals surface area contributed by atoms with Crippen LogP contribution < -0.4 is 4.72 Å². The predicted octanol–water partition coefficient (Wildman–Crippen LogP) is 2.07. The van der Waals surface area contributed by atoms with E-state index in [0.29, 0.717) is 18.7 Å². The zero-order chi connectivity index (χ0) is 12.0. The van der Waals surface area contributed by atoms with E-state index in [1.54, 1.807) is 19.2 Å². The first-order chi connectivity index (χ1) is 7.53. The van der Waals surface area contributed by atoms with Gasteiger partial charge in [0.15, 0.2) is 0 Å². The summed E-state index contributed by atoms with van der Waals surface area (Å²) in [5.74, 6) is 0.0757. The summed E-state index contributed by atoms with van der Waals surface area (Å²) in [5.41, 5.74) is 0.601. The largest absolute Gasteiger partial charge is 0.385 e. The van der Waals surface area contributed by atoms with Gasteiger partial charge in [0, 0.05) is 23.0 Å². The van der Waals surface area contributed by atoms with E-state index in [1.165, 1.54) is 0 Å². The summed E-state index contributed by atoms with van der Waals surface area (Å²) >= 11 is 2.14. The van der Waals surface area contributed by atoms with Gasteiger partial charge in [0.1, 0.15) is 0 Å². The van der Waals surface area contributed by atoms with Gasteiger partial charge >= 0.3 is 0 Å². The lowest BCUT2D eigenvalue weighted by atomic mass is 10.3. The summed E-state index contributed by atoms with van der Waals surface area (Å²) in [6, 6.07) is 7.24. The van der Waals surface area contributed by atoms with Crippen LogP contribution in [-0.4, -0.2) is 27.9 Å². The van der Waals surface area contributed by atoms with E-state index in [2.05, 4.69) is 27.3 Å². The molecule has 0 saturated carbocycles. The lowest BCUT2D eigenvalue weighted by molar-refractivity contribution is 0.199. The van der Waals surface area contributed by atoms with Crippen LogP contribution in [0.1, 0.15) is 6.42 Å². The second kappa shape index (κ2) is 6.41. The molecule has 0 fully saturated rings. The van der Waals surface area contributed by atoms with Crippen LogP contribution in [0.25, 0.3) is 0 Å². The molecule has 1 N–H and O–H groups in total. The highest BCUT2D eigenvalue weighted by Crippen LogP contribution is 2.14. The number of rotatable bonds is 6. The van der Waals surface area contributed by atoms with Crippen molar-refractivity contribution < 1.29 is 13.2 Å². The SMILES string of the molecule is COCCCS(=O)(=O)Nc1cccc(I)c1. The van der Waals surface area contributed by atoms with Crippen LogP contribution in [0, 0.1) is 3.57 Å². The molecule has 6 heteroatoms. The van der Waals surface area contributed by atoms with Crippen molar-refractivity contribution in [2.75, 3.05) is 24.2 Å². The van der Waals surface area contributed by atoms with Crippen molar-refractivity contribution in [3.8, 4) is 0 Å². The number of hydrogen-bond acceptors (Lipinski definition) is 3. The van der Waals surface area contributed by atoms with Crippen molar-refractivity contribution in [1.82, 2.24) is 0 Å². The van der Waals surface area contributed by atoms with Crippen molar-refractivity contribution in [3.05, 3.63) is 27.8 Å². The van der Waals surface area contributed by atoms with Gasteiger partial charge in [-0.05, 0) is 47.2 Å². The van der Waals surface area contributed by atoms with Gasteiger partial charge < -0.3 is 4.74 Å². The predicted molar refractivity (Wildman–Crippen MR) is 73.1 cm³/mol. The Balaban J connectivity index is 2.59. The van der Waals surface area contributed by atoms with Crippen molar-refractivity contribution in [2.45, 2.75) is 6.42 Å². The van der Waals surface area contributed by atoms with E-state index in [9.17, 15) is 8.42 Å². The molecule has 0 radical (unpaired) electrons. The summed E-state index contributed by atoms with van der Waals surface area (Å²) in [5, 5.41) is 0. The Kier molecular flexibility index (Phi) is 5.50. The third-order valence-electron chi connectivity index (χ3n) is 1.86. The first kappa shape index (κ1) is 13.7. The summed E-state index contributed by atoms with van der Waals surface area (Å²) < 4.78 is 31.6. The molecular formula is C10H14INO3S. The molecule has 0 amide bonds. The molecule has 0 aliphatic heterocycles. The van der Waals surface area contributed by atoms with Crippen molar-refractivity contribution in [2.24, 2.45) is 0 Å². The van der Waals surface area contributed by atoms with Crippen LogP contribution in [0.2, 0.25) is 0 Å². The van der Waals surface area contributed by atoms with Gasteiger partial charge in [0.2, 0.25) is 10.0 Å². The molecule has 0 atom stereocenters. The normalized spacial score (nSPS) is 11.4. The molecule has 0 aliphatic rings. The Morgan fingerprint density at radius 3 is 2.81 bits per heavy atom. The first-order valence-electron chi connectivity index (χ1n) is 4.78. The number of methoxy groups -OCH3 is 1. The lowest BCUT2D eigenvalue weighted by Gasteiger charge is -2.07. The van der Waals surface area contributed by atoms with E-state index in [-0.39, 0.29) is 5.75 Å². The molecule has 90 valence electrons. The molecular weight excluding hydrogens is 341 g/mol. The third-order valence-corrected chi connectivity index (χ3v) is 3.90. The number of hydrogen-bond donors (Lipinski definition) is 1. The van der Waals surface area contributed by atoms with Gasteiger partial charge in [0.05, 0.1) is 5.75 Å². The maximum Gasteiger partial charge on any atom is 0.232 e. The minimum absolute atomic E-state index is 0.0757. The molecule has 1 rings (SSSR count). The van der Waals surface area contributed by atoms with Gasteiger partial charge in [-0.25, -0.2) is 8.42 Å². The van der Waals surface area contributed by atoms with Crippen LogP contribution >= 0.6 is 22.6 Å². The standard InChI is InChI=1S/C10H14INO3S/c1-15-6-3-7-16(13,14)12-10-5-2-4-9(11)8-10/h2,4-5,8,12H,3,6-7H2,1H3. The Morgan fingerprint density at radius 2 is 2.19 bits per heavy atom.